The summed E-state index contributed by atoms with van der Waals surface area (Å²) in [5, 5.41) is 5.00. The highest BCUT2D eigenvalue weighted by atomic mass is 16.3. The monoisotopic (exact) mass is 464 g/mol. The molecule has 5 aromatic rings. The van der Waals surface area contributed by atoms with Gasteiger partial charge in [0.05, 0.1) is 5.39 Å². The average molecular weight is 465 g/mol. The van der Waals surface area contributed by atoms with Crippen LogP contribution in [0.4, 0.5) is 0 Å². The fourth-order valence-electron chi connectivity index (χ4n) is 5.53. The second kappa shape index (κ2) is 7.95. The summed E-state index contributed by atoms with van der Waals surface area (Å²) < 4.78 is 9.09. The minimum atomic E-state index is 0.0245. The quantitative estimate of drug-likeness (QED) is 0.238. The summed E-state index contributed by atoms with van der Waals surface area (Å²) >= 11 is 0. The van der Waals surface area contributed by atoms with Crippen molar-refractivity contribution in [3.8, 4) is 5.69 Å². The predicted molar refractivity (Wildman–Crippen MR) is 149 cm³/mol. The lowest BCUT2D eigenvalue weighted by Gasteiger charge is -2.22. The summed E-state index contributed by atoms with van der Waals surface area (Å²) in [5.74, 6) is 0. The Morgan fingerprint density at radius 1 is 0.714 bits per heavy atom. The van der Waals surface area contributed by atoms with Gasteiger partial charge in [-0.3, -0.25) is 0 Å². The van der Waals surface area contributed by atoms with E-state index >= 15 is 0 Å². The number of rotatable bonds is 2. The molecule has 3 aromatic carbocycles. The first-order valence-corrected chi connectivity index (χ1v) is 12.8. The van der Waals surface area contributed by atoms with Crippen molar-refractivity contribution in [2.75, 3.05) is 0 Å². The third kappa shape index (κ3) is 3.93. The molecule has 0 spiro atoms. The highest BCUT2D eigenvalue weighted by Gasteiger charge is 2.29. The molecule has 0 amide bonds. The molecule has 180 valence electrons. The van der Waals surface area contributed by atoms with Crippen molar-refractivity contribution in [1.82, 2.24) is 0 Å². The molecule has 0 radical (unpaired) electrons. The molecular formula is C33H38NO+. The third-order valence-electron chi connectivity index (χ3n) is 7.34. The normalized spacial score (nSPS) is 12.8. The van der Waals surface area contributed by atoms with E-state index in [2.05, 4.69) is 121 Å². The van der Waals surface area contributed by atoms with Crippen LogP contribution in [-0.4, -0.2) is 0 Å². The molecule has 0 unspecified atom stereocenters. The molecule has 0 saturated carbocycles. The van der Waals surface area contributed by atoms with Gasteiger partial charge >= 0.3 is 5.71 Å². The smallest absolute Gasteiger partial charge is 0.387 e. The number of hydrogen-bond donors (Lipinski definition) is 0. The molecule has 0 aliphatic heterocycles. The Morgan fingerprint density at radius 2 is 1.37 bits per heavy atom. The molecule has 0 atom stereocenters. The molecule has 0 saturated heterocycles. The standard InChI is InChI=1S/C33H38NO/c1-20-14-16-27-26-17-15-23(19-32(4,5)6)21(2)30(26)35-31(27)34(20)29-18-28(33(7,8)9)25-13-11-10-12-24(25)22(29)3/h10-18H,19H2,1-9H3/q+1. The number of fused-ring (bicyclic) bond motifs is 4. The van der Waals surface area contributed by atoms with Gasteiger partial charge in [0, 0.05) is 30.0 Å². The van der Waals surface area contributed by atoms with E-state index in [1.807, 2.05) is 0 Å². The number of nitrogens with zero attached hydrogens (tertiary/aromatic N) is 1. The maximum atomic E-state index is 6.76. The fourth-order valence-corrected chi connectivity index (χ4v) is 5.53. The van der Waals surface area contributed by atoms with Crippen molar-refractivity contribution >= 4 is 32.8 Å². The largest absolute Gasteiger partial charge is 0.403 e. The SMILES string of the molecule is Cc1c(-[n+]2c(C)ccc3c4ccc(CC(C)(C)C)c(C)c4oc32)cc(C(C)(C)C)c2ccccc12. The summed E-state index contributed by atoms with van der Waals surface area (Å²) in [6.07, 6.45) is 1.03. The minimum absolute atomic E-state index is 0.0245. The summed E-state index contributed by atoms with van der Waals surface area (Å²) in [6.45, 7) is 20.4. The molecule has 0 bridgehead atoms. The van der Waals surface area contributed by atoms with Crippen LogP contribution in [0.5, 0.6) is 0 Å². The van der Waals surface area contributed by atoms with Crippen molar-refractivity contribution in [2.24, 2.45) is 5.41 Å². The van der Waals surface area contributed by atoms with Crippen LogP contribution in [0.25, 0.3) is 38.5 Å². The van der Waals surface area contributed by atoms with Gasteiger partial charge in [-0.25, -0.2) is 0 Å². The Labute approximate surface area is 209 Å². The Kier molecular flexibility index (Phi) is 5.36. The van der Waals surface area contributed by atoms with Crippen LogP contribution in [0.3, 0.4) is 0 Å². The highest BCUT2D eigenvalue weighted by Crippen LogP contribution is 2.37. The molecule has 0 fully saturated rings. The number of furan rings is 1. The van der Waals surface area contributed by atoms with E-state index in [0.29, 0.717) is 0 Å². The predicted octanol–water partition coefficient (Wildman–Crippen LogP) is 8.83. The Morgan fingerprint density at radius 3 is 2.03 bits per heavy atom. The van der Waals surface area contributed by atoms with Crippen molar-refractivity contribution in [2.45, 2.75) is 74.1 Å². The first-order valence-electron chi connectivity index (χ1n) is 12.8. The van der Waals surface area contributed by atoms with Gasteiger partial charge in [-0.2, -0.15) is 0 Å². The van der Waals surface area contributed by atoms with Gasteiger partial charge < -0.3 is 4.42 Å². The topological polar surface area (TPSA) is 17.0 Å². The summed E-state index contributed by atoms with van der Waals surface area (Å²) in [5.41, 5.74) is 9.81. The zero-order chi connectivity index (χ0) is 25.3. The maximum absolute atomic E-state index is 6.76. The molecule has 2 heteroatoms. The molecule has 5 rings (SSSR count). The zero-order valence-electron chi connectivity index (χ0n) is 22.8. The number of aromatic nitrogens is 1. The summed E-state index contributed by atoms with van der Waals surface area (Å²) in [7, 11) is 0. The highest BCUT2D eigenvalue weighted by molar-refractivity contribution is 6.04. The van der Waals surface area contributed by atoms with E-state index in [4.69, 9.17) is 4.42 Å². The van der Waals surface area contributed by atoms with Crippen molar-refractivity contribution in [1.29, 1.82) is 0 Å². The van der Waals surface area contributed by atoms with E-state index in [9.17, 15) is 0 Å². The minimum Gasteiger partial charge on any atom is -0.403 e. The number of pyridine rings is 1. The van der Waals surface area contributed by atoms with E-state index in [1.165, 1.54) is 55.2 Å². The Bertz CT molecular complexity index is 1600. The van der Waals surface area contributed by atoms with Crippen LogP contribution in [0, 0.1) is 26.2 Å². The number of aryl methyl sites for hydroxylation is 3. The van der Waals surface area contributed by atoms with E-state index in [-0.39, 0.29) is 10.8 Å². The van der Waals surface area contributed by atoms with Crippen LogP contribution in [-0.2, 0) is 11.8 Å². The van der Waals surface area contributed by atoms with Gasteiger partial charge in [-0.1, -0.05) is 71.9 Å². The lowest BCUT2D eigenvalue weighted by atomic mass is 9.82. The second-order valence-corrected chi connectivity index (χ2v) is 12.5. The van der Waals surface area contributed by atoms with Gasteiger partial charge in [0.25, 0.3) is 0 Å². The van der Waals surface area contributed by atoms with Crippen molar-refractivity contribution in [3.05, 3.63) is 82.5 Å². The van der Waals surface area contributed by atoms with Gasteiger partial charge in [0.2, 0.25) is 5.69 Å². The van der Waals surface area contributed by atoms with Crippen LogP contribution in [0.15, 0.2) is 59.0 Å². The van der Waals surface area contributed by atoms with E-state index in [0.717, 1.165) is 17.7 Å². The van der Waals surface area contributed by atoms with Crippen LogP contribution in [0.2, 0.25) is 0 Å². The number of benzene rings is 3. The fraction of sp³-hybridized carbons (Fsp3) is 0.364. The third-order valence-corrected chi connectivity index (χ3v) is 7.34. The average Bonchev–Trinajstić information content (AvgIpc) is 3.14. The van der Waals surface area contributed by atoms with Crippen LogP contribution >= 0.6 is 0 Å². The number of hydrogen-bond acceptors (Lipinski definition) is 1. The van der Waals surface area contributed by atoms with Gasteiger partial charge in [-0.05, 0) is 70.7 Å². The second-order valence-electron chi connectivity index (χ2n) is 12.5. The molecule has 35 heavy (non-hydrogen) atoms. The van der Waals surface area contributed by atoms with Gasteiger partial charge in [0.15, 0.2) is 5.69 Å². The Balaban J connectivity index is 1.86. The van der Waals surface area contributed by atoms with Gasteiger partial charge in [0.1, 0.15) is 5.58 Å². The molecule has 0 aliphatic rings. The maximum Gasteiger partial charge on any atom is 0.387 e. The Hall–Kier alpha value is -3.13. The lowest BCUT2D eigenvalue weighted by Crippen LogP contribution is -2.36. The van der Waals surface area contributed by atoms with Crippen LogP contribution in [0.1, 0.15) is 69.5 Å². The van der Waals surface area contributed by atoms with E-state index in [1.54, 1.807) is 0 Å². The van der Waals surface area contributed by atoms with Gasteiger partial charge in [-0.15, -0.1) is 4.57 Å². The zero-order valence-corrected chi connectivity index (χ0v) is 22.8. The molecule has 2 heterocycles. The van der Waals surface area contributed by atoms with Crippen molar-refractivity contribution < 1.29 is 8.98 Å². The molecule has 0 aliphatic carbocycles. The lowest BCUT2D eigenvalue weighted by molar-refractivity contribution is -0.582. The first kappa shape index (κ1) is 23.6. The summed E-state index contributed by atoms with van der Waals surface area (Å²) in [4.78, 5) is 0. The first-order chi connectivity index (χ1) is 16.4. The van der Waals surface area contributed by atoms with Crippen LogP contribution < -0.4 is 4.57 Å². The molecular weight excluding hydrogens is 426 g/mol. The molecule has 2 aromatic heterocycles. The summed E-state index contributed by atoms with van der Waals surface area (Å²) in [6, 6.07) is 20.2. The van der Waals surface area contributed by atoms with E-state index < -0.39 is 0 Å². The molecule has 2 nitrogen and oxygen atoms in total. The van der Waals surface area contributed by atoms with Crippen molar-refractivity contribution in [3.63, 3.8) is 0 Å². The molecule has 0 N–H and O–H groups in total.